The third-order valence-corrected chi connectivity index (χ3v) is 9.59. The number of carbonyl (C=O) groups excluding carboxylic acids is 1. The van der Waals surface area contributed by atoms with Crippen LogP contribution in [0.3, 0.4) is 0 Å². The van der Waals surface area contributed by atoms with Gasteiger partial charge in [-0.2, -0.15) is 0 Å². The molecule has 80 heavy (non-hydrogen) atoms. The molecule has 4 radical (unpaired) electrons. The van der Waals surface area contributed by atoms with Gasteiger partial charge in [0.1, 0.15) is 11.5 Å². The van der Waals surface area contributed by atoms with E-state index in [4.69, 9.17) is 9.84 Å². The SMILES string of the molecule is CC(=O)CC(C)O.COc1ccnc(-c2[c-]cc(F)cc2)c1.Fc1c[c-]c(-c2ccccn2)c(F)c1.Fc1c[c-]c(-c2ccccn2)c(F)c1.Fc1c[c-]c(-c2ccccn2)cc1.Fc1c[c-]c(-c2ccccn2)cc1.[Ir].[Ir].[Ir].[Ir]. The number of benzene rings is 5. The van der Waals surface area contributed by atoms with Gasteiger partial charge in [0.15, 0.2) is 0 Å². The molecule has 0 aliphatic carbocycles. The molecule has 19 heteroatoms. The Kier molecular flexibility index (Phi) is 34.7. The number of nitrogens with zero attached hydrogens (tertiary/aromatic N) is 5. The van der Waals surface area contributed by atoms with Crippen LogP contribution in [0.5, 0.6) is 5.75 Å². The average Bonchev–Trinajstić information content (AvgIpc) is 3.43. The Morgan fingerprint density at radius 1 is 0.450 bits per heavy atom. The van der Waals surface area contributed by atoms with Gasteiger partial charge in [-0.15, -0.1) is 114 Å². The molecule has 0 spiro atoms. The first-order chi connectivity index (χ1) is 36.7. The van der Waals surface area contributed by atoms with Gasteiger partial charge >= 0.3 is 0 Å². The van der Waals surface area contributed by atoms with Crippen molar-refractivity contribution in [1.29, 1.82) is 0 Å². The number of hydrogen-bond acceptors (Lipinski definition) is 8. The van der Waals surface area contributed by atoms with Crippen molar-refractivity contribution in [2.45, 2.75) is 26.4 Å². The van der Waals surface area contributed by atoms with E-state index in [1.54, 1.807) is 112 Å². The van der Waals surface area contributed by atoms with Crippen molar-refractivity contribution in [3.8, 4) is 62.0 Å². The van der Waals surface area contributed by atoms with Crippen LogP contribution in [-0.2, 0) is 85.2 Å². The Balaban J connectivity index is 0.000000480. The molecule has 0 aliphatic heterocycles. The van der Waals surface area contributed by atoms with Gasteiger partial charge in [0.25, 0.3) is 0 Å². The number of aromatic nitrogens is 5. The smallest absolute Gasteiger partial charge is 0.132 e. The second kappa shape index (κ2) is 38.9. The zero-order chi connectivity index (χ0) is 54.7. The fraction of sp³-hybridized carbons (Fsp3) is 0.0820. The molecule has 1 N–H and O–H groups in total. The molecule has 10 rings (SSSR count). The summed E-state index contributed by atoms with van der Waals surface area (Å²) in [6, 6.07) is 55.3. The van der Waals surface area contributed by atoms with E-state index in [0.717, 1.165) is 58.1 Å². The molecule has 1 atom stereocenters. The van der Waals surface area contributed by atoms with Crippen molar-refractivity contribution in [2.75, 3.05) is 7.11 Å². The average molecular weight is 1800 g/mol. The van der Waals surface area contributed by atoms with E-state index >= 15 is 0 Å². The number of rotatable bonds is 8. The van der Waals surface area contributed by atoms with E-state index in [1.807, 2.05) is 36.4 Å². The molecule has 422 valence electrons. The summed E-state index contributed by atoms with van der Waals surface area (Å²) < 4.78 is 94.4. The molecule has 0 fully saturated rings. The number of Topliss-reactive ketones (excluding diaryl/α,β-unsaturated/α-hetero) is 1. The van der Waals surface area contributed by atoms with Gasteiger partial charge in [0.2, 0.25) is 0 Å². The molecule has 5 aromatic heterocycles. The van der Waals surface area contributed by atoms with Crippen LogP contribution in [0.4, 0.5) is 30.7 Å². The van der Waals surface area contributed by atoms with Crippen LogP contribution in [0.1, 0.15) is 20.3 Å². The fourth-order valence-electron chi connectivity index (χ4n) is 6.14. The van der Waals surface area contributed by atoms with Crippen LogP contribution < -0.4 is 4.74 Å². The molecule has 5 aromatic carbocycles. The van der Waals surface area contributed by atoms with Crippen LogP contribution in [-0.4, -0.2) is 49.0 Å². The normalized spacial score (nSPS) is 9.84. The summed E-state index contributed by atoms with van der Waals surface area (Å²) in [7, 11) is 1.59. The first kappa shape index (κ1) is 71.4. The maximum absolute atomic E-state index is 13.2. The Morgan fingerprint density at radius 3 is 1.06 bits per heavy atom. The van der Waals surface area contributed by atoms with E-state index in [-0.39, 0.29) is 121 Å². The summed E-state index contributed by atoms with van der Waals surface area (Å²) in [5.74, 6) is -2.68. The predicted octanol–water partition coefficient (Wildman–Crippen LogP) is 14.1. The second-order valence-electron chi connectivity index (χ2n) is 15.5. The molecule has 1 unspecified atom stereocenters. The van der Waals surface area contributed by atoms with E-state index in [9.17, 15) is 35.5 Å². The molecule has 5 heterocycles. The summed E-state index contributed by atoms with van der Waals surface area (Å²) in [5, 5.41) is 8.50. The Labute approximate surface area is 513 Å². The summed E-state index contributed by atoms with van der Waals surface area (Å²) in [6.07, 6.45) is 7.94. The number of hydrogen-bond donors (Lipinski definition) is 1. The Hall–Kier alpha value is -6.61. The third kappa shape index (κ3) is 25.7. The molecule has 0 bridgehead atoms. The number of ketones is 1. The zero-order valence-electron chi connectivity index (χ0n) is 42.2. The summed E-state index contributed by atoms with van der Waals surface area (Å²) >= 11 is 0. The van der Waals surface area contributed by atoms with Crippen molar-refractivity contribution < 1.29 is 126 Å². The maximum atomic E-state index is 13.2. The van der Waals surface area contributed by atoms with Crippen molar-refractivity contribution in [3.63, 3.8) is 0 Å². The van der Waals surface area contributed by atoms with E-state index in [0.29, 0.717) is 17.1 Å². The second-order valence-corrected chi connectivity index (χ2v) is 15.5. The number of carbonyl (C=O) groups is 1. The van der Waals surface area contributed by atoms with Crippen molar-refractivity contribution in [3.05, 3.63) is 266 Å². The largest absolute Gasteiger partial charge is 0.497 e. The monoisotopic (exact) mass is 1800 g/mol. The van der Waals surface area contributed by atoms with Crippen LogP contribution in [0.25, 0.3) is 56.3 Å². The molecular weight excluding hydrogens is 1750 g/mol. The molecule has 0 saturated heterocycles. The van der Waals surface area contributed by atoms with E-state index in [2.05, 4.69) is 55.3 Å². The van der Waals surface area contributed by atoms with Gasteiger partial charge in [-0.3, -0.25) is 35.5 Å². The fourth-order valence-corrected chi connectivity index (χ4v) is 6.14. The number of methoxy groups -OCH3 is 1. The van der Waals surface area contributed by atoms with Gasteiger partial charge in [-0.05, 0) is 78.7 Å². The minimum Gasteiger partial charge on any atom is -0.497 e. The summed E-state index contributed by atoms with van der Waals surface area (Å²) in [6.45, 7) is 3.06. The Bertz CT molecular complexity index is 3130. The third-order valence-electron chi connectivity index (χ3n) is 9.59. The van der Waals surface area contributed by atoms with Crippen LogP contribution in [0.2, 0.25) is 0 Å². The Morgan fingerprint density at radius 2 is 0.787 bits per heavy atom. The summed E-state index contributed by atoms with van der Waals surface area (Å²) in [5.41, 5.74) is 5.97. The van der Waals surface area contributed by atoms with Crippen LogP contribution in [0, 0.1) is 71.1 Å². The van der Waals surface area contributed by atoms with Gasteiger partial charge < -0.3 is 34.8 Å². The maximum Gasteiger partial charge on any atom is 0.132 e. The molecule has 10 aromatic rings. The number of ether oxygens (including phenoxy) is 1. The van der Waals surface area contributed by atoms with Crippen LogP contribution in [0.15, 0.2) is 195 Å². The number of pyridine rings is 5. The molecule has 0 amide bonds. The van der Waals surface area contributed by atoms with Gasteiger partial charge in [-0.1, -0.05) is 71.8 Å². The van der Waals surface area contributed by atoms with Crippen molar-refractivity contribution >= 4 is 5.78 Å². The first-order valence-electron chi connectivity index (χ1n) is 22.8. The standard InChI is InChI=1S/C12H9FNO.2C11H6F2N.2C11H7FN.C5H10O2.4Ir/c1-15-11-6-7-14-12(8-11)9-2-4-10(13)5-3-9;2*12-8-4-5-9(10(13)7-8)11-3-1-2-6-14-11;2*12-10-6-4-9(5-7-10)11-3-1-2-8-13-11;1-4(6)3-5(2)7;;;;/h2,4-8H,1H3;2*1-4,6-7H;2*1-4,6-8H;4,6H,3H2,1-2H3;;;;/q5*-1;;;;;. The van der Waals surface area contributed by atoms with Crippen molar-refractivity contribution in [2.24, 2.45) is 0 Å². The van der Waals surface area contributed by atoms with Gasteiger partial charge in [0, 0.05) is 159 Å². The number of aliphatic hydroxyl groups is 1. The quantitative estimate of drug-likeness (QED) is 0.118. The topological polar surface area (TPSA) is 111 Å². The van der Waals surface area contributed by atoms with Gasteiger partial charge in [0.05, 0.1) is 13.2 Å². The zero-order valence-corrected chi connectivity index (χ0v) is 51.8. The molecule has 0 saturated carbocycles. The van der Waals surface area contributed by atoms with Crippen LogP contribution >= 0.6 is 0 Å². The minimum absolute atomic E-state index is 0. The molecule has 0 aliphatic rings. The summed E-state index contributed by atoms with van der Waals surface area (Å²) in [4.78, 5) is 30.4. The van der Waals surface area contributed by atoms with E-state index in [1.165, 1.54) is 43.3 Å². The van der Waals surface area contributed by atoms with Crippen molar-refractivity contribution in [1.82, 2.24) is 24.9 Å². The molecule has 8 nitrogen and oxygen atoms in total. The number of halogens is 7. The minimum atomic E-state index is -0.649. The van der Waals surface area contributed by atoms with Gasteiger partial charge in [-0.25, -0.2) is 0 Å². The first-order valence-corrected chi connectivity index (χ1v) is 22.8. The molecular formula is C61H45F7Ir4N5O3-5. The number of aliphatic hydroxyl groups excluding tert-OH is 1. The predicted molar refractivity (Wildman–Crippen MR) is 276 cm³/mol. The van der Waals surface area contributed by atoms with E-state index < -0.39 is 29.4 Å².